The van der Waals surface area contributed by atoms with Crippen molar-refractivity contribution in [2.75, 3.05) is 13.1 Å². The molecule has 3 N–H and O–H groups in total. The third-order valence-electron chi connectivity index (χ3n) is 2.71. The molecule has 0 radical (unpaired) electrons. The van der Waals surface area contributed by atoms with Gasteiger partial charge in [0.25, 0.3) is 5.91 Å². The largest absolute Gasteiger partial charge is 0.465 e. The minimum atomic E-state index is -1.13. The predicted octanol–water partition coefficient (Wildman–Crippen LogP) is -0.539. The number of carbonyl (C=O) groups excluding carboxylic acids is 2. The van der Waals surface area contributed by atoms with E-state index in [9.17, 15) is 14.4 Å². The van der Waals surface area contributed by atoms with Gasteiger partial charge in [-0.2, -0.15) is 0 Å². The van der Waals surface area contributed by atoms with Crippen LogP contribution in [0.25, 0.3) is 0 Å². The molecule has 1 aromatic heterocycles. The summed E-state index contributed by atoms with van der Waals surface area (Å²) in [6, 6.07) is -0.654. The number of ketones is 1. The maximum absolute atomic E-state index is 11.7. The smallest absolute Gasteiger partial charge is 0.407 e. The number of piperidine rings is 1. The number of aromatic amines is 1. The van der Waals surface area contributed by atoms with Crippen molar-refractivity contribution in [3.63, 3.8) is 0 Å². The average Bonchev–Trinajstić information content (AvgIpc) is 2.85. The van der Waals surface area contributed by atoms with Crippen LogP contribution in [-0.4, -0.2) is 56.9 Å². The molecule has 18 heavy (non-hydrogen) atoms. The fourth-order valence-corrected chi connectivity index (χ4v) is 1.76. The Bertz CT molecular complexity index is 470. The van der Waals surface area contributed by atoms with Gasteiger partial charge in [-0.25, -0.2) is 9.78 Å². The highest BCUT2D eigenvalue weighted by atomic mass is 16.4. The number of H-pyrrole nitrogens is 1. The van der Waals surface area contributed by atoms with Crippen molar-refractivity contribution in [2.24, 2.45) is 0 Å². The normalized spacial score (nSPS) is 19.7. The second-order valence-corrected chi connectivity index (χ2v) is 3.92. The monoisotopic (exact) mass is 252 g/mol. The van der Waals surface area contributed by atoms with E-state index in [2.05, 4.69) is 15.3 Å². The van der Waals surface area contributed by atoms with Crippen LogP contribution in [-0.2, 0) is 4.79 Å². The first-order valence-electron chi connectivity index (χ1n) is 5.39. The van der Waals surface area contributed by atoms with Crippen molar-refractivity contribution < 1.29 is 19.5 Å². The Kier molecular flexibility index (Phi) is 3.26. The van der Waals surface area contributed by atoms with Crippen LogP contribution in [0.15, 0.2) is 12.4 Å². The van der Waals surface area contributed by atoms with E-state index in [1.807, 2.05) is 0 Å². The van der Waals surface area contributed by atoms with E-state index in [4.69, 9.17) is 5.11 Å². The number of carbonyl (C=O) groups is 3. The van der Waals surface area contributed by atoms with Crippen LogP contribution in [0.3, 0.4) is 0 Å². The van der Waals surface area contributed by atoms with E-state index in [1.165, 1.54) is 12.4 Å². The van der Waals surface area contributed by atoms with Gasteiger partial charge in [0.2, 0.25) is 0 Å². The van der Waals surface area contributed by atoms with Gasteiger partial charge in [-0.05, 0) is 6.42 Å². The van der Waals surface area contributed by atoms with Gasteiger partial charge in [-0.15, -0.1) is 0 Å². The molecule has 1 aromatic rings. The third-order valence-corrected chi connectivity index (χ3v) is 2.71. The van der Waals surface area contributed by atoms with Gasteiger partial charge >= 0.3 is 6.09 Å². The van der Waals surface area contributed by atoms with Crippen molar-refractivity contribution in [3.05, 3.63) is 18.2 Å². The number of Topliss-reactive ketones (excluding diaryl/α,β-unsaturated/α-hetero) is 1. The fourth-order valence-electron chi connectivity index (χ4n) is 1.76. The summed E-state index contributed by atoms with van der Waals surface area (Å²) < 4.78 is 0. The number of rotatable bonds is 2. The summed E-state index contributed by atoms with van der Waals surface area (Å²) in [7, 11) is 0. The zero-order chi connectivity index (χ0) is 13.1. The second-order valence-electron chi connectivity index (χ2n) is 3.92. The van der Waals surface area contributed by atoms with Crippen molar-refractivity contribution in [1.29, 1.82) is 0 Å². The van der Waals surface area contributed by atoms with Gasteiger partial charge in [-0.3, -0.25) is 9.59 Å². The van der Waals surface area contributed by atoms with Crippen LogP contribution in [0.5, 0.6) is 0 Å². The molecule has 0 bridgehead atoms. The lowest BCUT2D eigenvalue weighted by Gasteiger charge is -2.28. The number of hydrogen-bond donors (Lipinski definition) is 3. The molecule has 0 spiro atoms. The zero-order valence-corrected chi connectivity index (χ0v) is 9.42. The lowest BCUT2D eigenvalue weighted by atomic mass is 10.0. The Morgan fingerprint density at radius 3 is 2.89 bits per heavy atom. The highest BCUT2D eigenvalue weighted by Crippen LogP contribution is 2.08. The van der Waals surface area contributed by atoms with E-state index >= 15 is 0 Å². The first-order chi connectivity index (χ1) is 8.58. The molecule has 1 aliphatic rings. The molecule has 0 aromatic carbocycles. The Morgan fingerprint density at radius 2 is 2.33 bits per heavy atom. The van der Waals surface area contributed by atoms with Gasteiger partial charge < -0.3 is 20.3 Å². The van der Waals surface area contributed by atoms with E-state index in [0.717, 1.165) is 4.90 Å². The van der Waals surface area contributed by atoms with Gasteiger partial charge in [0.05, 0.1) is 12.6 Å². The SMILES string of the molecule is O=C(NC1CCN(C(=O)O)CC1=O)c1ncc[nH]1. The summed E-state index contributed by atoms with van der Waals surface area (Å²) in [5.74, 6) is -0.658. The minimum Gasteiger partial charge on any atom is -0.465 e. The Morgan fingerprint density at radius 1 is 1.56 bits per heavy atom. The summed E-state index contributed by atoms with van der Waals surface area (Å²) in [5, 5.41) is 11.3. The number of nitrogens with one attached hydrogen (secondary N) is 2. The standard InChI is InChI=1S/C10H12N4O4/c15-7-5-14(10(17)18)4-1-6(7)13-9(16)8-11-2-3-12-8/h2-3,6H,1,4-5H2,(H,11,12)(H,13,16)(H,17,18). The molecule has 1 fully saturated rings. The zero-order valence-electron chi connectivity index (χ0n) is 9.42. The molecular formula is C10H12N4O4. The predicted molar refractivity (Wildman–Crippen MR) is 59.1 cm³/mol. The summed E-state index contributed by atoms with van der Waals surface area (Å²) >= 11 is 0. The van der Waals surface area contributed by atoms with Gasteiger partial charge in [0.1, 0.15) is 0 Å². The number of amides is 2. The molecule has 0 aliphatic carbocycles. The number of imidazole rings is 1. The molecule has 2 amide bonds. The lowest BCUT2D eigenvalue weighted by Crippen LogP contribution is -2.52. The number of carboxylic acid groups (broad SMARTS) is 1. The molecular weight excluding hydrogens is 240 g/mol. The molecule has 2 rings (SSSR count). The number of aromatic nitrogens is 2. The fraction of sp³-hybridized carbons (Fsp3) is 0.400. The van der Waals surface area contributed by atoms with Crippen molar-refractivity contribution in [2.45, 2.75) is 12.5 Å². The summed E-state index contributed by atoms with van der Waals surface area (Å²) in [6.07, 6.45) is 2.09. The van der Waals surface area contributed by atoms with Crippen LogP contribution >= 0.6 is 0 Å². The number of nitrogens with zero attached hydrogens (tertiary/aromatic N) is 2. The first-order valence-corrected chi connectivity index (χ1v) is 5.39. The highest BCUT2D eigenvalue weighted by molar-refractivity contribution is 5.97. The molecule has 0 saturated carbocycles. The topological polar surface area (TPSA) is 115 Å². The Balaban J connectivity index is 1.94. The van der Waals surface area contributed by atoms with Gasteiger partial charge in [0.15, 0.2) is 11.6 Å². The van der Waals surface area contributed by atoms with Crippen LogP contribution < -0.4 is 5.32 Å². The van der Waals surface area contributed by atoms with Crippen molar-refractivity contribution >= 4 is 17.8 Å². The summed E-state index contributed by atoms with van der Waals surface area (Å²) in [5.41, 5.74) is 0. The van der Waals surface area contributed by atoms with Crippen LogP contribution in [0.2, 0.25) is 0 Å². The average molecular weight is 252 g/mol. The van der Waals surface area contributed by atoms with E-state index in [-0.39, 0.29) is 31.1 Å². The van der Waals surface area contributed by atoms with Gasteiger partial charge in [-0.1, -0.05) is 0 Å². The van der Waals surface area contributed by atoms with Crippen LogP contribution in [0.4, 0.5) is 4.79 Å². The van der Waals surface area contributed by atoms with Gasteiger partial charge in [0, 0.05) is 18.9 Å². The molecule has 1 aliphatic heterocycles. The number of likely N-dealkylation sites (tertiary alicyclic amines) is 1. The lowest BCUT2D eigenvalue weighted by molar-refractivity contribution is -0.123. The highest BCUT2D eigenvalue weighted by Gasteiger charge is 2.30. The number of hydrogen-bond acceptors (Lipinski definition) is 4. The Hall–Kier alpha value is -2.38. The second kappa shape index (κ2) is 4.86. The molecule has 96 valence electrons. The molecule has 1 atom stereocenters. The maximum atomic E-state index is 11.7. The van der Waals surface area contributed by atoms with Crippen LogP contribution in [0, 0.1) is 0 Å². The van der Waals surface area contributed by atoms with E-state index < -0.39 is 18.0 Å². The first kappa shape index (κ1) is 12.1. The van der Waals surface area contributed by atoms with Crippen molar-refractivity contribution in [1.82, 2.24) is 20.2 Å². The summed E-state index contributed by atoms with van der Waals surface area (Å²) in [6.45, 7) is 0.0304. The van der Waals surface area contributed by atoms with E-state index in [0.29, 0.717) is 0 Å². The van der Waals surface area contributed by atoms with Crippen LogP contribution in [0.1, 0.15) is 17.0 Å². The van der Waals surface area contributed by atoms with E-state index in [1.54, 1.807) is 0 Å². The summed E-state index contributed by atoms with van der Waals surface area (Å²) in [4.78, 5) is 41.4. The maximum Gasteiger partial charge on any atom is 0.407 e. The Labute approximate surface area is 102 Å². The third kappa shape index (κ3) is 2.47. The quantitative estimate of drug-likeness (QED) is 0.653. The molecule has 1 unspecified atom stereocenters. The molecule has 8 nitrogen and oxygen atoms in total. The molecule has 1 saturated heterocycles. The van der Waals surface area contributed by atoms with Crippen molar-refractivity contribution in [3.8, 4) is 0 Å². The molecule has 2 heterocycles. The minimum absolute atomic E-state index is 0.128. The molecule has 8 heteroatoms.